The highest BCUT2D eigenvalue weighted by atomic mass is 16.5. The Morgan fingerprint density at radius 2 is 1.96 bits per heavy atom. The standard InChI is InChI=1S/C20H31N5O2/c1-14(2)19-16(13-25(5)23-19)12-24(4)20(21-3)22-11-15-8-9-17(26-6)18(10-15)27-7/h8-10,13-14H,11-12H2,1-7H3,(H,21,22). The molecular formula is C20H31N5O2. The Balaban J connectivity index is 2.05. The molecule has 0 fully saturated rings. The maximum absolute atomic E-state index is 5.37. The Labute approximate surface area is 162 Å². The number of benzene rings is 1. The van der Waals surface area contributed by atoms with Crippen LogP contribution in [0.15, 0.2) is 29.4 Å². The molecular weight excluding hydrogens is 342 g/mol. The predicted octanol–water partition coefficient (Wildman–Crippen LogP) is 2.77. The van der Waals surface area contributed by atoms with E-state index in [4.69, 9.17) is 9.47 Å². The first-order valence-corrected chi connectivity index (χ1v) is 9.04. The van der Waals surface area contributed by atoms with Gasteiger partial charge in [0, 0.05) is 46.0 Å². The minimum Gasteiger partial charge on any atom is -0.493 e. The minimum absolute atomic E-state index is 0.385. The molecule has 0 aliphatic heterocycles. The van der Waals surface area contributed by atoms with E-state index >= 15 is 0 Å². The number of aryl methyl sites for hydroxylation is 1. The molecule has 0 atom stereocenters. The molecule has 0 bridgehead atoms. The van der Waals surface area contributed by atoms with E-state index in [9.17, 15) is 0 Å². The zero-order valence-electron chi connectivity index (χ0n) is 17.4. The fraction of sp³-hybridized carbons (Fsp3) is 0.500. The van der Waals surface area contributed by atoms with Gasteiger partial charge < -0.3 is 19.7 Å². The summed E-state index contributed by atoms with van der Waals surface area (Å²) >= 11 is 0. The molecule has 0 radical (unpaired) electrons. The number of hydrogen-bond acceptors (Lipinski definition) is 4. The van der Waals surface area contributed by atoms with Crippen molar-refractivity contribution in [3.8, 4) is 11.5 Å². The van der Waals surface area contributed by atoms with Crippen LogP contribution in [0.5, 0.6) is 11.5 Å². The number of aromatic nitrogens is 2. The fourth-order valence-electron chi connectivity index (χ4n) is 3.05. The van der Waals surface area contributed by atoms with Crippen molar-refractivity contribution in [1.82, 2.24) is 20.0 Å². The zero-order valence-corrected chi connectivity index (χ0v) is 17.4. The molecule has 7 heteroatoms. The lowest BCUT2D eigenvalue weighted by atomic mass is 10.1. The van der Waals surface area contributed by atoms with E-state index in [2.05, 4.69) is 40.4 Å². The summed E-state index contributed by atoms with van der Waals surface area (Å²) in [6, 6.07) is 5.89. The number of hydrogen-bond donors (Lipinski definition) is 1. The quantitative estimate of drug-likeness (QED) is 0.597. The highest BCUT2D eigenvalue weighted by Crippen LogP contribution is 2.27. The molecule has 0 amide bonds. The molecule has 2 aromatic rings. The van der Waals surface area contributed by atoms with Crippen molar-refractivity contribution in [1.29, 1.82) is 0 Å². The number of methoxy groups -OCH3 is 2. The molecule has 148 valence electrons. The third kappa shape index (κ3) is 5.15. The normalized spacial score (nSPS) is 11.6. The molecule has 27 heavy (non-hydrogen) atoms. The van der Waals surface area contributed by atoms with Crippen molar-refractivity contribution >= 4 is 5.96 Å². The van der Waals surface area contributed by atoms with Gasteiger partial charge >= 0.3 is 0 Å². The molecule has 0 unspecified atom stereocenters. The Hall–Kier alpha value is -2.70. The van der Waals surface area contributed by atoms with Crippen LogP contribution in [0, 0.1) is 0 Å². The van der Waals surface area contributed by atoms with Gasteiger partial charge in [-0.1, -0.05) is 19.9 Å². The minimum atomic E-state index is 0.385. The molecule has 0 spiro atoms. The van der Waals surface area contributed by atoms with Gasteiger partial charge in [-0.05, 0) is 23.6 Å². The largest absolute Gasteiger partial charge is 0.493 e. The molecule has 1 aromatic heterocycles. The first-order chi connectivity index (χ1) is 12.9. The average Bonchev–Trinajstić information content (AvgIpc) is 3.02. The van der Waals surface area contributed by atoms with Crippen molar-refractivity contribution in [3.05, 3.63) is 41.2 Å². The summed E-state index contributed by atoms with van der Waals surface area (Å²) < 4.78 is 12.5. The van der Waals surface area contributed by atoms with Gasteiger partial charge in [-0.25, -0.2) is 0 Å². The van der Waals surface area contributed by atoms with Crippen LogP contribution >= 0.6 is 0 Å². The third-order valence-electron chi connectivity index (χ3n) is 4.36. The lowest BCUT2D eigenvalue weighted by molar-refractivity contribution is 0.354. The molecule has 2 rings (SSSR count). The Bertz CT molecular complexity index is 783. The van der Waals surface area contributed by atoms with Crippen molar-refractivity contribution < 1.29 is 9.47 Å². The zero-order chi connectivity index (χ0) is 20.0. The second-order valence-electron chi connectivity index (χ2n) is 6.81. The van der Waals surface area contributed by atoms with E-state index < -0.39 is 0 Å². The van der Waals surface area contributed by atoms with Gasteiger partial charge in [0.1, 0.15) is 0 Å². The van der Waals surface area contributed by atoms with Crippen LogP contribution in [-0.4, -0.2) is 49.0 Å². The SMILES string of the molecule is CN=C(NCc1ccc(OC)c(OC)c1)N(C)Cc1cn(C)nc1C(C)C. The number of aliphatic imine (C=N–C) groups is 1. The molecule has 0 saturated heterocycles. The molecule has 0 aliphatic rings. The summed E-state index contributed by atoms with van der Waals surface area (Å²) in [4.78, 5) is 6.51. The van der Waals surface area contributed by atoms with Crippen molar-refractivity contribution in [2.75, 3.05) is 28.3 Å². The van der Waals surface area contributed by atoms with Gasteiger partial charge in [0.2, 0.25) is 0 Å². The predicted molar refractivity (Wildman–Crippen MR) is 109 cm³/mol. The van der Waals surface area contributed by atoms with Crippen molar-refractivity contribution in [3.63, 3.8) is 0 Å². The van der Waals surface area contributed by atoms with Crippen LogP contribution in [0.1, 0.15) is 36.6 Å². The average molecular weight is 374 g/mol. The molecule has 0 aliphatic carbocycles. The number of guanidine groups is 1. The first kappa shape index (κ1) is 20.6. The Morgan fingerprint density at radius 3 is 2.56 bits per heavy atom. The summed E-state index contributed by atoms with van der Waals surface area (Å²) in [5.41, 5.74) is 3.43. The number of ether oxygens (including phenoxy) is 2. The highest BCUT2D eigenvalue weighted by Gasteiger charge is 2.15. The Kier molecular flexibility index (Phi) is 7.10. The van der Waals surface area contributed by atoms with Crippen LogP contribution in [0.2, 0.25) is 0 Å². The van der Waals surface area contributed by atoms with Gasteiger partial charge in [-0.3, -0.25) is 9.67 Å². The summed E-state index contributed by atoms with van der Waals surface area (Å²) in [5, 5.41) is 7.98. The van der Waals surface area contributed by atoms with Gasteiger partial charge in [-0.2, -0.15) is 5.10 Å². The maximum Gasteiger partial charge on any atom is 0.193 e. The van der Waals surface area contributed by atoms with E-state index in [1.807, 2.05) is 37.0 Å². The van der Waals surface area contributed by atoms with E-state index in [-0.39, 0.29) is 0 Å². The molecule has 0 saturated carbocycles. The van der Waals surface area contributed by atoms with Crippen LogP contribution in [0.3, 0.4) is 0 Å². The second kappa shape index (κ2) is 9.30. The fourth-order valence-corrected chi connectivity index (χ4v) is 3.05. The van der Waals surface area contributed by atoms with Gasteiger partial charge in [-0.15, -0.1) is 0 Å². The summed E-state index contributed by atoms with van der Waals surface area (Å²) in [6.45, 7) is 5.71. The monoisotopic (exact) mass is 373 g/mol. The van der Waals surface area contributed by atoms with Gasteiger partial charge in [0.15, 0.2) is 17.5 Å². The molecule has 1 aromatic carbocycles. The van der Waals surface area contributed by atoms with Gasteiger partial charge in [0.25, 0.3) is 0 Å². The molecule has 7 nitrogen and oxygen atoms in total. The topological polar surface area (TPSA) is 63.9 Å². The maximum atomic E-state index is 5.37. The van der Waals surface area contributed by atoms with E-state index in [0.717, 1.165) is 35.3 Å². The van der Waals surface area contributed by atoms with Crippen molar-refractivity contribution in [2.24, 2.45) is 12.0 Å². The second-order valence-corrected chi connectivity index (χ2v) is 6.81. The highest BCUT2D eigenvalue weighted by molar-refractivity contribution is 5.79. The smallest absolute Gasteiger partial charge is 0.193 e. The van der Waals surface area contributed by atoms with Crippen LogP contribution in [0.25, 0.3) is 0 Å². The Morgan fingerprint density at radius 1 is 1.26 bits per heavy atom. The van der Waals surface area contributed by atoms with Crippen LogP contribution in [0.4, 0.5) is 0 Å². The van der Waals surface area contributed by atoms with E-state index in [0.29, 0.717) is 12.5 Å². The summed E-state index contributed by atoms with van der Waals surface area (Å²) in [6.07, 6.45) is 2.08. The summed E-state index contributed by atoms with van der Waals surface area (Å²) in [5.74, 6) is 2.65. The third-order valence-corrected chi connectivity index (χ3v) is 4.36. The van der Waals surface area contributed by atoms with Crippen LogP contribution in [-0.2, 0) is 20.1 Å². The number of rotatable bonds is 7. The number of nitrogens with zero attached hydrogens (tertiary/aromatic N) is 4. The van der Waals surface area contributed by atoms with E-state index in [1.54, 1.807) is 21.3 Å². The van der Waals surface area contributed by atoms with Crippen molar-refractivity contribution in [2.45, 2.75) is 32.9 Å². The lowest BCUT2D eigenvalue weighted by Gasteiger charge is -2.22. The van der Waals surface area contributed by atoms with E-state index in [1.165, 1.54) is 5.56 Å². The lowest BCUT2D eigenvalue weighted by Crippen LogP contribution is -2.38. The molecule has 1 heterocycles. The summed E-state index contributed by atoms with van der Waals surface area (Å²) in [7, 11) is 9.05. The first-order valence-electron chi connectivity index (χ1n) is 9.04. The van der Waals surface area contributed by atoms with Gasteiger partial charge in [0.05, 0.1) is 19.9 Å². The van der Waals surface area contributed by atoms with Crippen LogP contribution < -0.4 is 14.8 Å². The molecule has 1 N–H and O–H groups in total. The number of nitrogens with one attached hydrogen (secondary N) is 1.